The van der Waals surface area contributed by atoms with Gasteiger partial charge in [0.05, 0.1) is 6.54 Å². The van der Waals surface area contributed by atoms with Crippen LogP contribution in [-0.4, -0.2) is 30.2 Å². The molecule has 0 radical (unpaired) electrons. The molecule has 0 aromatic heterocycles. The molecule has 1 aromatic rings. The highest BCUT2D eigenvalue weighted by atomic mass is 79.9. The molecule has 1 heterocycles. The van der Waals surface area contributed by atoms with Gasteiger partial charge in [0.15, 0.2) is 0 Å². The number of hydrogen-bond acceptors (Lipinski definition) is 3. The third-order valence-corrected chi connectivity index (χ3v) is 3.50. The number of nitrogens with zero attached hydrogens (tertiary/aromatic N) is 1. The highest BCUT2D eigenvalue weighted by molar-refractivity contribution is 9.10. The van der Waals surface area contributed by atoms with Gasteiger partial charge < -0.3 is 15.4 Å². The summed E-state index contributed by atoms with van der Waals surface area (Å²) in [7, 11) is 0. The molecular weight excluding hydrogens is 296 g/mol. The zero-order chi connectivity index (χ0) is 13.0. The van der Waals surface area contributed by atoms with E-state index in [9.17, 15) is 4.79 Å². The van der Waals surface area contributed by atoms with Crippen LogP contribution in [0, 0.1) is 0 Å². The lowest BCUT2D eigenvalue weighted by Crippen LogP contribution is -2.24. The Hall–Kier alpha value is -1.07. The van der Waals surface area contributed by atoms with Gasteiger partial charge in [0.25, 0.3) is 0 Å². The maximum atomic E-state index is 11.7. The molecular formula is C13H17BrN2O2. The first-order chi connectivity index (χ1) is 8.69. The van der Waals surface area contributed by atoms with Crippen LogP contribution in [-0.2, 0) is 11.3 Å². The number of rotatable bonds is 5. The lowest BCUT2D eigenvalue weighted by atomic mass is 10.2. The number of ether oxygens (including phenoxy) is 1. The predicted molar refractivity (Wildman–Crippen MR) is 73.1 cm³/mol. The van der Waals surface area contributed by atoms with Crippen LogP contribution >= 0.6 is 15.9 Å². The van der Waals surface area contributed by atoms with E-state index in [0.29, 0.717) is 19.6 Å². The summed E-state index contributed by atoms with van der Waals surface area (Å²) in [6, 6.07) is 7.96. The van der Waals surface area contributed by atoms with Crippen LogP contribution in [0.15, 0.2) is 28.7 Å². The Kier molecular flexibility index (Phi) is 4.60. The maximum absolute atomic E-state index is 11.7. The van der Waals surface area contributed by atoms with Gasteiger partial charge in [-0.1, -0.05) is 28.1 Å². The van der Waals surface area contributed by atoms with Crippen LogP contribution in [0.1, 0.15) is 18.4 Å². The Morgan fingerprint density at radius 2 is 2.11 bits per heavy atom. The predicted octanol–water partition coefficient (Wildman–Crippen LogP) is 2.51. The van der Waals surface area contributed by atoms with Crippen molar-refractivity contribution in [3.05, 3.63) is 34.3 Å². The van der Waals surface area contributed by atoms with Crippen LogP contribution < -0.4 is 5.73 Å². The minimum Gasteiger partial charge on any atom is -0.444 e. The van der Waals surface area contributed by atoms with Crippen LogP contribution in [0.2, 0.25) is 0 Å². The minimum absolute atomic E-state index is 0.00324. The fourth-order valence-electron chi connectivity index (χ4n) is 2.01. The average Bonchev–Trinajstić information content (AvgIpc) is 2.70. The van der Waals surface area contributed by atoms with Crippen molar-refractivity contribution >= 4 is 22.0 Å². The van der Waals surface area contributed by atoms with Crippen LogP contribution in [0.25, 0.3) is 0 Å². The molecule has 2 N–H and O–H groups in total. The van der Waals surface area contributed by atoms with Crippen molar-refractivity contribution in [1.82, 2.24) is 4.90 Å². The number of nitrogens with two attached hydrogens (primary N) is 1. The molecule has 2 rings (SSSR count). The van der Waals surface area contributed by atoms with E-state index < -0.39 is 0 Å². The van der Waals surface area contributed by atoms with Crippen molar-refractivity contribution in [2.24, 2.45) is 5.73 Å². The number of cyclic esters (lactones) is 1. The zero-order valence-corrected chi connectivity index (χ0v) is 11.7. The molecule has 0 saturated carbocycles. The Morgan fingerprint density at radius 1 is 1.39 bits per heavy atom. The minimum atomic E-state index is -0.222. The van der Waals surface area contributed by atoms with Crippen molar-refractivity contribution in [1.29, 1.82) is 0 Å². The second-order valence-corrected chi connectivity index (χ2v) is 5.36. The van der Waals surface area contributed by atoms with Crippen LogP contribution in [0.5, 0.6) is 0 Å². The number of carbonyl (C=O) groups is 1. The fourth-order valence-corrected chi connectivity index (χ4v) is 2.27. The average molecular weight is 313 g/mol. The van der Waals surface area contributed by atoms with Gasteiger partial charge in [-0.15, -0.1) is 0 Å². The van der Waals surface area contributed by atoms with Crippen LogP contribution in [0.3, 0.4) is 0 Å². The van der Waals surface area contributed by atoms with E-state index in [1.54, 1.807) is 4.90 Å². The molecule has 5 heteroatoms. The fraction of sp³-hybridized carbons (Fsp3) is 0.462. The first-order valence-corrected chi connectivity index (χ1v) is 6.88. The first-order valence-electron chi connectivity index (χ1n) is 6.09. The third-order valence-electron chi connectivity index (χ3n) is 2.97. The summed E-state index contributed by atoms with van der Waals surface area (Å²) in [5.41, 5.74) is 6.56. The quantitative estimate of drug-likeness (QED) is 0.909. The highest BCUT2D eigenvalue weighted by Crippen LogP contribution is 2.19. The molecule has 1 fully saturated rings. The smallest absolute Gasteiger partial charge is 0.410 e. The lowest BCUT2D eigenvalue weighted by molar-refractivity contribution is 0.127. The van der Waals surface area contributed by atoms with Gasteiger partial charge in [0, 0.05) is 11.0 Å². The summed E-state index contributed by atoms with van der Waals surface area (Å²) >= 11 is 3.39. The van der Waals surface area contributed by atoms with Gasteiger partial charge in [-0.2, -0.15) is 0 Å². The molecule has 18 heavy (non-hydrogen) atoms. The number of halogens is 1. The molecule has 1 atom stereocenters. The Balaban J connectivity index is 1.90. The molecule has 0 aliphatic carbocycles. The largest absolute Gasteiger partial charge is 0.444 e. The van der Waals surface area contributed by atoms with Crippen molar-refractivity contribution in [2.75, 3.05) is 13.1 Å². The van der Waals surface area contributed by atoms with Crippen molar-refractivity contribution in [3.63, 3.8) is 0 Å². The van der Waals surface area contributed by atoms with Gasteiger partial charge in [0.2, 0.25) is 0 Å². The number of carbonyl (C=O) groups excluding carboxylic acids is 1. The van der Waals surface area contributed by atoms with Gasteiger partial charge in [-0.05, 0) is 37.1 Å². The molecule has 1 unspecified atom stereocenters. The molecule has 1 amide bonds. The molecule has 1 aliphatic rings. The number of amides is 1. The van der Waals surface area contributed by atoms with E-state index in [2.05, 4.69) is 15.9 Å². The Morgan fingerprint density at radius 3 is 2.78 bits per heavy atom. The number of benzene rings is 1. The topological polar surface area (TPSA) is 55.6 Å². The van der Waals surface area contributed by atoms with Gasteiger partial charge in [-0.3, -0.25) is 0 Å². The summed E-state index contributed by atoms with van der Waals surface area (Å²) < 4.78 is 6.33. The van der Waals surface area contributed by atoms with Gasteiger partial charge in [-0.25, -0.2) is 4.79 Å². The second-order valence-electron chi connectivity index (χ2n) is 4.44. The van der Waals surface area contributed by atoms with E-state index in [1.807, 2.05) is 24.3 Å². The Bertz CT molecular complexity index is 408. The molecule has 1 aromatic carbocycles. The van der Waals surface area contributed by atoms with Crippen molar-refractivity contribution in [3.8, 4) is 0 Å². The summed E-state index contributed by atoms with van der Waals surface area (Å²) in [6.45, 7) is 1.90. The summed E-state index contributed by atoms with van der Waals surface area (Å²) in [6.07, 6.45) is 1.51. The summed E-state index contributed by atoms with van der Waals surface area (Å²) in [5, 5.41) is 0. The van der Waals surface area contributed by atoms with E-state index in [-0.39, 0.29) is 12.2 Å². The van der Waals surface area contributed by atoms with Crippen molar-refractivity contribution in [2.45, 2.75) is 25.5 Å². The van der Waals surface area contributed by atoms with E-state index in [0.717, 1.165) is 22.9 Å². The van der Waals surface area contributed by atoms with Gasteiger partial charge in [0.1, 0.15) is 6.10 Å². The molecule has 4 nitrogen and oxygen atoms in total. The summed E-state index contributed by atoms with van der Waals surface area (Å²) in [4.78, 5) is 13.4. The SMILES string of the molecule is NCCCC1CN(Cc2ccc(Br)cc2)C(=O)O1. The van der Waals surface area contributed by atoms with E-state index in [4.69, 9.17) is 10.5 Å². The second kappa shape index (κ2) is 6.20. The monoisotopic (exact) mass is 312 g/mol. The van der Waals surface area contributed by atoms with E-state index >= 15 is 0 Å². The normalized spacial score (nSPS) is 19.1. The van der Waals surface area contributed by atoms with E-state index in [1.165, 1.54) is 0 Å². The third kappa shape index (κ3) is 3.46. The maximum Gasteiger partial charge on any atom is 0.410 e. The summed E-state index contributed by atoms with van der Waals surface area (Å²) in [5.74, 6) is 0. The number of hydrogen-bond donors (Lipinski definition) is 1. The first kappa shape index (κ1) is 13.4. The molecule has 98 valence electrons. The molecule has 1 saturated heterocycles. The standard InChI is InChI=1S/C13H17BrN2O2/c14-11-5-3-10(4-6-11)8-16-9-12(2-1-7-15)18-13(16)17/h3-6,12H,1-2,7-9,15H2. The molecule has 1 aliphatic heterocycles. The van der Waals surface area contributed by atoms with Gasteiger partial charge >= 0.3 is 6.09 Å². The highest BCUT2D eigenvalue weighted by Gasteiger charge is 2.30. The molecule has 0 bridgehead atoms. The van der Waals surface area contributed by atoms with Crippen molar-refractivity contribution < 1.29 is 9.53 Å². The zero-order valence-electron chi connectivity index (χ0n) is 10.1. The Labute approximate surface area is 115 Å². The lowest BCUT2D eigenvalue weighted by Gasteiger charge is -2.12. The molecule has 0 spiro atoms. The van der Waals surface area contributed by atoms with Crippen LogP contribution in [0.4, 0.5) is 4.79 Å².